The first-order valence-electron chi connectivity index (χ1n) is 7.66. The number of piperidine rings is 1. The average Bonchev–Trinajstić information content (AvgIpc) is 2.49. The van der Waals surface area contributed by atoms with Gasteiger partial charge in [-0.15, -0.1) is 0 Å². The Kier molecular flexibility index (Phi) is 4.69. The third kappa shape index (κ3) is 3.19. The van der Waals surface area contributed by atoms with Crippen LogP contribution in [0, 0.1) is 0 Å². The van der Waals surface area contributed by atoms with Crippen molar-refractivity contribution >= 4 is 11.6 Å². The van der Waals surface area contributed by atoms with Crippen molar-refractivity contribution in [1.82, 2.24) is 4.90 Å². The summed E-state index contributed by atoms with van der Waals surface area (Å²) < 4.78 is 11.1. The summed E-state index contributed by atoms with van der Waals surface area (Å²) in [6, 6.07) is 4.94. The molecule has 2 aliphatic heterocycles. The van der Waals surface area contributed by atoms with Gasteiger partial charge in [-0.05, 0) is 31.9 Å². The largest absolute Gasteiger partial charge is 0.467 e. The molecule has 0 radical (unpaired) electrons. The van der Waals surface area contributed by atoms with Gasteiger partial charge >= 0.3 is 0 Å². The van der Waals surface area contributed by atoms with Gasteiger partial charge in [-0.1, -0.05) is 18.0 Å². The van der Waals surface area contributed by atoms with Crippen molar-refractivity contribution in [3.05, 3.63) is 28.3 Å². The highest BCUT2D eigenvalue weighted by molar-refractivity contribution is 6.30. The van der Waals surface area contributed by atoms with Gasteiger partial charge in [0, 0.05) is 41.3 Å². The second-order valence-electron chi connectivity index (χ2n) is 6.01. The number of hydrogen-bond acceptors (Lipinski definition) is 4. The topological polar surface area (TPSA) is 47.7 Å². The van der Waals surface area contributed by atoms with E-state index in [9.17, 15) is 0 Å². The van der Waals surface area contributed by atoms with Gasteiger partial charge in [-0.25, -0.2) is 0 Å². The second-order valence-corrected chi connectivity index (χ2v) is 6.44. The van der Waals surface area contributed by atoms with Crippen molar-refractivity contribution in [3.8, 4) is 5.75 Å². The van der Waals surface area contributed by atoms with Crippen molar-refractivity contribution in [3.63, 3.8) is 0 Å². The quantitative estimate of drug-likeness (QED) is 0.932. The number of ether oxygens (including phenoxy) is 2. The lowest BCUT2D eigenvalue weighted by Crippen LogP contribution is -2.48. The number of nitrogens with two attached hydrogens (primary N) is 1. The molecule has 1 fully saturated rings. The van der Waals surface area contributed by atoms with Crippen LogP contribution in [0.1, 0.15) is 37.3 Å². The Morgan fingerprint density at radius 3 is 3.05 bits per heavy atom. The molecule has 116 valence electrons. The summed E-state index contributed by atoms with van der Waals surface area (Å²) in [6.45, 7) is 4.71. The summed E-state index contributed by atoms with van der Waals surface area (Å²) in [5.74, 6) is 0.944. The summed E-state index contributed by atoms with van der Waals surface area (Å²) in [4.78, 5) is 2.49. The Balaban J connectivity index is 1.88. The molecule has 2 heterocycles. The van der Waals surface area contributed by atoms with E-state index in [1.165, 1.54) is 19.3 Å². The maximum Gasteiger partial charge on any atom is 0.189 e. The lowest BCUT2D eigenvalue weighted by molar-refractivity contribution is -0.0181. The first-order valence-corrected chi connectivity index (χ1v) is 8.04. The second kappa shape index (κ2) is 6.53. The first kappa shape index (κ1) is 15.1. The van der Waals surface area contributed by atoms with E-state index in [-0.39, 0.29) is 0 Å². The fourth-order valence-corrected chi connectivity index (χ4v) is 3.71. The summed E-state index contributed by atoms with van der Waals surface area (Å²) >= 11 is 6.25. The first-order chi connectivity index (χ1) is 10.2. The van der Waals surface area contributed by atoms with Crippen LogP contribution < -0.4 is 10.5 Å². The number of fused-ring (bicyclic) bond motifs is 1. The summed E-state index contributed by atoms with van der Waals surface area (Å²) in [7, 11) is 0. The molecule has 5 heteroatoms. The number of benzene rings is 1. The van der Waals surface area contributed by atoms with E-state index < -0.39 is 0 Å². The van der Waals surface area contributed by atoms with E-state index >= 15 is 0 Å². The van der Waals surface area contributed by atoms with Crippen LogP contribution in [0.3, 0.4) is 0 Å². The van der Waals surface area contributed by atoms with E-state index in [1.54, 1.807) is 0 Å². The molecule has 2 atom stereocenters. The van der Waals surface area contributed by atoms with Crippen LogP contribution in [0.25, 0.3) is 0 Å². The molecule has 0 bridgehead atoms. The van der Waals surface area contributed by atoms with Crippen molar-refractivity contribution in [2.75, 3.05) is 13.3 Å². The lowest BCUT2D eigenvalue weighted by atomic mass is 9.95. The van der Waals surface area contributed by atoms with E-state index in [2.05, 4.69) is 11.8 Å². The van der Waals surface area contributed by atoms with Crippen molar-refractivity contribution < 1.29 is 9.47 Å². The SMILES string of the molecule is CC1CCCC(CN)N1Cc1cc(Cl)cc2c1OCOC2. The summed E-state index contributed by atoms with van der Waals surface area (Å²) in [6.07, 6.45) is 3.66. The lowest BCUT2D eigenvalue weighted by Gasteiger charge is -2.40. The smallest absolute Gasteiger partial charge is 0.189 e. The number of likely N-dealkylation sites (tertiary alicyclic amines) is 1. The van der Waals surface area contributed by atoms with Gasteiger partial charge in [0.1, 0.15) is 5.75 Å². The van der Waals surface area contributed by atoms with Gasteiger partial charge in [0.15, 0.2) is 6.79 Å². The molecule has 0 aromatic heterocycles. The Hall–Kier alpha value is -0.810. The molecular weight excluding hydrogens is 288 g/mol. The van der Waals surface area contributed by atoms with Gasteiger partial charge in [-0.3, -0.25) is 4.90 Å². The fraction of sp³-hybridized carbons (Fsp3) is 0.625. The highest BCUT2D eigenvalue weighted by Gasteiger charge is 2.28. The van der Waals surface area contributed by atoms with Gasteiger partial charge in [-0.2, -0.15) is 0 Å². The molecule has 1 saturated heterocycles. The number of halogens is 1. The highest BCUT2D eigenvalue weighted by atomic mass is 35.5. The van der Waals surface area contributed by atoms with Crippen LogP contribution in [0.15, 0.2) is 12.1 Å². The molecule has 4 nitrogen and oxygen atoms in total. The number of rotatable bonds is 3. The van der Waals surface area contributed by atoms with Gasteiger partial charge < -0.3 is 15.2 Å². The fourth-order valence-electron chi connectivity index (χ4n) is 3.45. The van der Waals surface area contributed by atoms with E-state index in [4.69, 9.17) is 26.8 Å². The molecular formula is C16H23ClN2O2. The van der Waals surface area contributed by atoms with Gasteiger partial charge in [0.25, 0.3) is 0 Å². The minimum absolute atomic E-state index is 0.317. The standard InChI is InChI=1S/C16H23ClN2O2/c1-11-3-2-4-15(7-18)19(11)8-12-5-14(17)6-13-9-20-10-21-16(12)13/h5-6,11,15H,2-4,7-10,18H2,1H3. The zero-order valence-corrected chi connectivity index (χ0v) is 13.2. The number of hydrogen-bond donors (Lipinski definition) is 1. The predicted octanol–water partition coefficient (Wildman–Crippen LogP) is 2.91. The molecule has 3 rings (SSSR count). The Morgan fingerprint density at radius 2 is 2.24 bits per heavy atom. The molecule has 0 spiro atoms. The molecule has 1 aromatic rings. The predicted molar refractivity (Wildman–Crippen MR) is 83.4 cm³/mol. The van der Waals surface area contributed by atoms with Crippen molar-refractivity contribution in [2.45, 2.75) is 51.4 Å². The van der Waals surface area contributed by atoms with E-state index in [1.807, 2.05) is 12.1 Å². The van der Waals surface area contributed by atoms with Crippen LogP contribution in [0.5, 0.6) is 5.75 Å². The van der Waals surface area contributed by atoms with E-state index in [0.29, 0.717) is 32.0 Å². The minimum atomic E-state index is 0.317. The zero-order chi connectivity index (χ0) is 14.8. The molecule has 2 unspecified atom stereocenters. The minimum Gasteiger partial charge on any atom is -0.467 e. The maximum absolute atomic E-state index is 6.25. The summed E-state index contributed by atoms with van der Waals surface area (Å²) in [5, 5.41) is 0.742. The van der Waals surface area contributed by atoms with Crippen LogP contribution >= 0.6 is 11.6 Å². The van der Waals surface area contributed by atoms with Gasteiger partial charge in [0.05, 0.1) is 6.61 Å². The maximum atomic E-state index is 6.25. The monoisotopic (exact) mass is 310 g/mol. The average molecular weight is 311 g/mol. The Bertz CT molecular complexity index is 509. The summed E-state index contributed by atoms with van der Waals surface area (Å²) in [5.41, 5.74) is 8.14. The Labute approximate surface area is 131 Å². The molecule has 21 heavy (non-hydrogen) atoms. The molecule has 0 aliphatic carbocycles. The molecule has 0 saturated carbocycles. The van der Waals surface area contributed by atoms with Crippen LogP contribution in [-0.4, -0.2) is 30.3 Å². The highest BCUT2D eigenvalue weighted by Crippen LogP contribution is 2.34. The zero-order valence-electron chi connectivity index (χ0n) is 12.5. The third-order valence-electron chi connectivity index (χ3n) is 4.57. The third-order valence-corrected chi connectivity index (χ3v) is 4.79. The molecule has 2 N–H and O–H groups in total. The van der Waals surface area contributed by atoms with Gasteiger partial charge in [0.2, 0.25) is 0 Å². The number of nitrogens with zero attached hydrogens (tertiary/aromatic N) is 1. The van der Waals surface area contributed by atoms with Crippen molar-refractivity contribution in [1.29, 1.82) is 0 Å². The Morgan fingerprint density at radius 1 is 1.38 bits per heavy atom. The van der Waals surface area contributed by atoms with Crippen LogP contribution in [-0.2, 0) is 17.9 Å². The van der Waals surface area contributed by atoms with Crippen LogP contribution in [0.4, 0.5) is 0 Å². The van der Waals surface area contributed by atoms with Crippen molar-refractivity contribution in [2.24, 2.45) is 5.73 Å². The van der Waals surface area contributed by atoms with Crippen LogP contribution in [0.2, 0.25) is 5.02 Å². The molecule has 0 amide bonds. The normalized spacial score (nSPS) is 26.2. The van der Waals surface area contributed by atoms with E-state index in [0.717, 1.165) is 28.4 Å². The molecule has 2 aliphatic rings. The molecule has 1 aromatic carbocycles.